The summed E-state index contributed by atoms with van der Waals surface area (Å²) < 4.78 is 2.29. The Labute approximate surface area is 341 Å². The second-order valence-electron chi connectivity index (χ2n) is 22.1. The van der Waals surface area contributed by atoms with E-state index in [0.717, 1.165) is 115 Å². The minimum Gasteiger partial charge on any atom is -0.394 e. The Morgan fingerprint density at radius 2 is 1.72 bits per heavy atom. The zero-order chi connectivity index (χ0) is 40.2. The monoisotopic (exact) mass is 785 g/mol. The Kier molecular flexibility index (Phi) is 9.93. The van der Waals surface area contributed by atoms with Crippen LogP contribution in [0.3, 0.4) is 0 Å². The number of hydrogen-bond acceptors (Lipinski definition) is 7. The van der Waals surface area contributed by atoms with Crippen molar-refractivity contribution in [2.45, 2.75) is 187 Å². The maximum Gasteiger partial charge on any atom is 0.159 e. The van der Waals surface area contributed by atoms with Crippen LogP contribution in [0.4, 0.5) is 0 Å². The van der Waals surface area contributed by atoms with Gasteiger partial charge in [0, 0.05) is 35.9 Å². The fourth-order valence-corrected chi connectivity index (χ4v) is 17.4. The van der Waals surface area contributed by atoms with E-state index in [-0.39, 0.29) is 40.3 Å². The molecule has 9 aliphatic carbocycles. The van der Waals surface area contributed by atoms with Crippen LogP contribution in [0, 0.1) is 73.4 Å². The third-order valence-electron chi connectivity index (χ3n) is 19.7. The van der Waals surface area contributed by atoms with Crippen LogP contribution in [-0.4, -0.2) is 71.9 Å². The van der Waals surface area contributed by atoms with Gasteiger partial charge < -0.3 is 30.1 Å². The lowest BCUT2D eigenvalue weighted by molar-refractivity contribution is -0.263. The molecule has 57 heavy (non-hydrogen) atoms. The Morgan fingerprint density at radius 3 is 2.47 bits per heavy atom. The normalized spacial score (nSPS) is 47.5. The molecule has 8 nitrogen and oxygen atoms in total. The van der Waals surface area contributed by atoms with Crippen LogP contribution in [0.2, 0.25) is 0 Å². The molecule has 10 rings (SSSR count). The minimum absolute atomic E-state index is 0.00347. The molecule has 0 amide bonds. The van der Waals surface area contributed by atoms with E-state index in [1.807, 2.05) is 13.3 Å². The van der Waals surface area contributed by atoms with Crippen molar-refractivity contribution in [1.82, 2.24) is 9.55 Å². The van der Waals surface area contributed by atoms with Crippen LogP contribution in [0.1, 0.15) is 155 Å². The van der Waals surface area contributed by atoms with Crippen LogP contribution in [-0.2, 0) is 17.8 Å². The summed E-state index contributed by atoms with van der Waals surface area (Å²) in [5.74, 6) is 6.59. The predicted octanol–water partition coefficient (Wildman–Crippen LogP) is 7.33. The highest BCUT2D eigenvalue weighted by Crippen LogP contribution is 2.81. The summed E-state index contributed by atoms with van der Waals surface area (Å²) in [7, 11) is 0. The average molecular weight is 785 g/mol. The van der Waals surface area contributed by atoms with Gasteiger partial charge in [0.15, 0.2) is 5.78 Å². The molecular formula is C49H72N2O6. The lowest BCUT2D eigenvalue weighted by Crippen LogP contribution is -2.73. The van der Waals surface area contributed by atoms with Gasteiger partial charge in [0.05, 0.1) is 36.9 Å². The number of aliphatic hydroxyl groups excluding tert-OH is 5. The van der Waals surface area contributed by atoms with Crippen molar-refractivity contribution in [3.05, 3.63) is 29.9 Å². The number of nitrogens with zero attached hydrogens (tertiary/aromatic N) is 2. The number of unbranched alkanes of at least 4 members (excludes halogenated alkanes) is 2. The van der Waals surface area contributed by atoms with Crippen molar-refractivity contribution in [2.24, 2.45) is 61.6 Å². The maximum atomic E-state index is 15.8. The first-order valence-corrected chi connectivity index (χ1v) is 23.3. The first-order chi connectivity index (χ1) is 27.2. The van der Waals surface area contributed by atoms with E-state index >= 15 is 4.79 Å². The molecule has 5 N–H and O–H groups in total. The Bertz CT molecular complexity index is 1820. The maximum absolute atomic E-state index is 15.8. The summed E-state index contributed by atoms with van der Waals surface area (Å²) in [6.07, 6.45) is 20.9. The molecule has 0 unspecified atom stereocenters. The molecule has 14 atom stereocenters. The quantitative estimate of drug-likeness (QED) is 0.138. The molecule has 0 aromatic carbocycles. The first-order valence-electron chi connectivity index (χ1n) is 23.3. The number of allylic oxidation sites excluding steroid dienone is 2. The Hall–Kier alpha value is -2.02. The molecule has 0 saturated heterocycles. The molecule has 6 fully saturated rings. The molecule has 1 aromatic rings. The molecule has 9 aliphatic rings. The molecule has 4 bridgehead atoms. The number of fused-ring (bicyclic) bond motifs is 4. The van der Waals surface area contributed by atoms with Crippen LogP contribution in [0.15, 0.2) is 24.2 Å². The van der Waals surface area contributed by atoms with E-state index in [9.17, 15) is 25.5 Å². The van der Waals surface area contributed by atoms with Gasteiger partial charge in [0.25, 0.3) is 0 Å². The van der Waals surface area contributed by atoms with Crippen LogP contribution in [0.25, 0.3) is 0 Å². The number of aromatic nitrogens is 2. The number of carbonyl (C=O) groups is 1. The highest BCUT2D eigenvalue weighted by atomic mass is 16.3. The second kappa shape index (κ2) is 14.0. The summed E-state index contributed by atoms with van der Waals surface area (Å²) >= 11 is 0. The summed E-state index contributed by atoms with van der Waals surface area (Å²) in [6, 6.07) is 0. The van der Waals surface area contributed by atoms with Gasteiger partial charge in [-0.3, -0.25) is 4.79 Å². The van der Waals surface area contributed by atoms with Crippen LogP contribution >= 0.6 is 0 Å². The molecule has 0 radical (unpaired) electrons. The fourth-order valence-electron chi connectivity index (χ4n) is 17.4. The molecule has 0 aliphatic heterocycles. The summed E-state index contributed by atoms with van der Waals surface area (Å²) in [5.41, 5.74) is -1.08. The van der Waals surface area contributed by atoms with Gasteiger partial charge in [-0.2, -0.15) is 0 Å². The number of aliphatic hydroxyl groups is 5. The van der Waals surface area contributed by atoms with Gasteiger partial charge >= 0.3 is 0 Å². The number of rotatable bonds is 8. The third-order valence-corrected chi connectivity index (χ3v) is 19.7. The fraction of sp³-hybridized carbons (Fsp3) is 0.837. The average Bonchev–Trinajstić information content (AvgIpc) is 3.83. The molecular weight excluding hydrogens is 713 g/mol. The first kappa shape index (κ1) is 40.4. The lowest BCUT2D eigenvalue weighted by atomic mass is 9.29. The van der Waals surface area contributed by atoms with Gasteiger partial charge in [0.1, 0.15) is 6.10 Å². The van der Waals surface area contributed by atoms with Gasteiger partial charge in [-0.05, 0) is 147 Å². The largest absolute Gasteiger partial charge is 0.394 e. The molecule has 6 saturated carbocycles. The van der Waals surface area contributed by atoms with Crippen molar-refractivity contribution in [1.29, 1.82) is 0 Å². The van der Waals surface area contributed by atoms with E-state index in [1.165, 1.54) is 18.4 Å². The van der Waals surface area contributed by atoms with Crippen molar-refractivity contribution < 1.29 is 30.3 Å². The third kappa shape index (κ3) is 5.42. The standard InChI is InChI=1S/C49H72N2O6/c1-5-6-7-12-33-28-51(31-50-33)27-32-14-20-47-21-16-38(54)45(4,41(57)29-52)37(47)15-22-48(24-32)42(47)36(53)23-34-35-25-43(2)17-9-8-13-39(55)49(35,40(56)26-44(34,48)3)46(30-43)18-10-11-19-46/h23,28,31-32,35,37-42,52,54-57H,5-7,9-12,14-22,24-27,29-30H2,1-4H3/t32-,35+,37+,38-,39+,40-,41+,42+,43+,44+,45-,47-,48-,49+/m0/s1. The lowest BCUT2D eigenvalue weighted by Gasteiger charge is -2.74. The van der Waals surface area contributed by atoms with E-state index in [4.69, 9.17) is 4.98 Å². The molecule has 1 heterocycles. The molecule has 314 valence electrons. The van der Waals surface area contributed by atoms with Crippen LogP contribution < -0.4 is 0 Å². The number of aryl methyl sites for hydroxylation is 1. The number of imidazole rings is 1. The summed E-state index contributed by atoms with van der Waals surface area (Å²) in [6.45, 7) is 9.46. The smallest absolute Gasteiger partial charge is 0.159 e. The van der Waals surface area contributed by atoms with Gasteiger partial charge in [0.2, 0.25) is 0 Å². The highest BCUT2D eigenvalue weighted by molar-refractivity contribution is 5.96. The summed E-state index contributed by atoms with van der Waals surface area (Å²) in [5, 5.41) is 59.7. The van der Waals surface area contributed by atoms with E-state index < -0.39 is 58.1 Å². The second-order valence-corrected chi connectivity index (χ2v) is 22.1. The molecule has 3 spiro atoms. The van der Waals surface area contributed by atoms with E-state index in [1.54, 1.807) is 0 Å². The minimum atomic E-state index is -1.09. The Morgan fingerprint density at radius 1 is 0.947 bits per heavy atom. The van der Waals surface area contributed by atoms with Crippen LogP contribution in [0.5, 0.6) is 0 Å². The SMILES string of the molecule is CCCCCc1cn(C[C@H]2CC[C@]34CC[C@H](O)[C@@](C)([C@H](O)CO)[C@H]3CC[C@]3(C2)[C@@H]4C(=O)C=C2[C@H]4C[C@@]5(C)CCC#C[C@@H](O)[C@]4([C@@H](O)C[C@]23C)C2(CCCC2)C5)cn1. The zero-order valence-corrected chi connectivity index (χ0v) is 35.4. The van der Waals surface area contributed by atoms with Crippen molar-refractivity contribution in [3.8, 4) is 11.8 Å². The number of ketones is 1. The van der Waals surface area contributed by atoms with E-state index in [2.05, 4.69) is 49.5 Å². The zero-order valence-electron chi connectivity index (χ0n) is 35.4. The van der Waals surface area contributed by atoms with Crippen molar-refractivity contribution in [3.63, 3.8) is 0 Å². The van der Waals surface area contributed by atoms with Crippen molar-refractivity contribution in [2.75, 3.05) is 6.61 Å². The highest BCUT2D eigenvalue weighted by Gasteiger charge is 2.78. The number of hydrogen-bond donors (Lipinski definition) is 5. The van der Waals surface area contributed by atoms with Gasteiger partial charge in [-0.1, -0.05) is 64.9 Å². The van der Waals surface area contributed by atoms with Gasteiger partial charge in [-0.15, -0.1) is 5.92 Å². The van der Waals surface area contributed by atoms with Gasteiger partial charge in [-0.25, -0.2) is 4.98 Å². The molecule has 1 aromatic heterocycles. The predicted molar refractivity (Wildman–Crippen MR) is 219 cm³/mol. The topological polar surface area (TPSA) is 136 Å². The Balaban J connectivity index is 1.21. The summed E-state index contributed by atoms with van der Waals surface area (Å²) in [4.78, 5) is 20.6. The van der Waals surface area contributed by atoms with Crippen molar-refractivity contribution >= 4 is 5.78 Å². The number of carbonyl (C=O) groups excluding carboxylic acids is 1. The molecule has 8 heteroatoms. The van der Waals surface area contributed by atoms with E-state index in [0.29, 0.717) is 12.8 Å².